The number of carbonyl (C=O) groups excluding carboxylic acids is 2. The van der Waals surface area contributed by atoms with Crippen LogP contribution in [-0.2, 0) is 4.79 Å². The summed E-state index contributed by atoms with van der Waals surface area (Å²) in [6.07, 6.45) is 0. The van der Waals surface area contributed by atoms with Gasteiger partial charge in [0.1, 0.15) is 5.75 Å². The molecule has 25 heavy (non-hydrogen) atoms. The van der Waals surface area contributed by atoms with Crippen LogP contribution in [0.2, 0.25) is 5.02 Å². The van der Waals surface area contributed by atoms with Crippen molar-refractivity contribution in [1.82, 2.24) is 5.32 Å². The number of ketones is 1. The van der Waals surface area contributed by atoms with E-state index >= 15 is 0 Å². The Bertz CT molecular complexity index is 906. The van der Waals surface area contributed by atoms with Crippen molar-refractivity contribution in [3.05, 3.63) is 77.3 Å². The van der Waals surface area contributed by atoms with Crippen molar-refractivity contribution in [2.24, 2.45) is 0 Å². The van der Waals surface area contributed by atoms with Gasteiger partial charge in [0, 0.05) is 10.6 Å². The summed E-state index contributed by atoms with van der Waals surface area (Å²) in [6, 6.07) is 20.1. The lowest BCUT2D eigenvalue weighted by Crippen LogP contribution is -2.33. The van der Waals surface area contributed by atoms with Gasteiger partial charge in [-0.1, -0.05) is 41.9 Å². The second kappa shape index (κ2) is 7.81. The maximum Gasteiger partial charge on any atom is 0.258 e. The van der Waals surface area contributed by atoms with E-state index in [0.717, 1.165) is 10.8 Å². The van der Waals surface area contributed by atoms with Crippen LogP contribution in [0, 0.1) is 0 Å². The lowest BCUT2D eigenvalue weighted by Gasteiger charge is -2.08. The fourth-order valence-electron chi connectivity index (χ4n) is 2.37. The van der Waals surface area contributed by atoms with Crippen LogP contribution >= 0.6 is 11.6 Å². The highest BCUT2D eigenvalue weighted by molar-refractivity contribution is 6.30. The molecule has 0 heterocycles. The SMILES string of the molecule is O=C(COc1ccc2ccccc2c1)NCC(=O)c1ccc(Cl)cc1. The molecule has 1 N–H and O–H groups in total. The van der Waals surface area contributed by atoms with Crippen molar-refractivity contribution < 1.29 is 14.3 Å². The number of rotatable bonds is 6. The Labute approximate surface area is 150 Å². The molecule has 0 bridgehead atoms. The van der Waals surface area contributed by atoms with Crippen molar-refractivity contribution >= 4 is 34.1 Å². The molecule has 3 aromatic rings. The average Bonchev–Trinajstić information content (AvgIpc) is 2.65. The van der Waals surface area contributed by atoms with Gasteiger partial charge in [0.2, 0.25) is 0 Å². The molecule has 3 rings (SSSR count). The van der Waals surface area contributed by atoms with Gasteiger partial charge in [0.05, 0.1) is 6.54 Å². The monoisotopic (exact) mass is 353 g/mol. The average molecular weight is 354 g/mol. The summed E-state index contributed by atoms with van der Waals surface area (Å²) in [5.74, 6) is 0.0732. The first-order valence-electron chi connectivity index (χ1n) is 7.79. The largest absolute Gasteiger partial charge is 0.484 e. The number of amides is 1. The number of Topliss-reactive ketones (excluding diaryl/α,β-unsaturated/α-hetero) is 1. The summed E-state index contributed by atoms with van der Waals surface area (Å²) in [6.45, 7) is -0.228. The number of benzene rings is 3. The number of fused-ring (bicyclic) bond motifs is 1. The number of hydrogen-bond acceptors (Lipinski definition) is 3. The smallest absolute Gasteiger partial charge is 0.258 e. The topological polar surface area (TPSA) is 55.4 Å². The fraction of sp³-hybridized carbons (Fsp3) is 0.100. The second-order valence-electron chi connectivity index (χ2n) is 5.50. The molecular formula is C20H16ClNO3. The van der Waals surface area contributed by atoms with Crippen LogP contribution in [0.15, 0.2) is 66.7 Å². The molecule has 0 saturated heterocycles. The van der Waals surface area contributed by atoms with Crippen LogP contribution in [-0.4, -0.2) is 24.8 Å². The number of carbonyl (C=O) groups is 2. The second-order valence-corrected chi connectivity index (χ2v) is 5.94. The maximum absolute atomic E-state index is 12.0. The summed E-state index contributed by atoms with van der Waals surface area (Å²) >= 11 is 5.78. The molecular weight excluding hydrogens is 338 g/mol. The molecule has 126 valence electrons. The Morgan fingerprint density at radius 2 is 1.64 bits per heavy atom. The Balaban J connectivity index is 1.50. The van der Waals surface area contributed by atoms with Crippen LogP contribution in [0.3, 0.4) is 0 Å². The van der Waals surface area contributed by atoms with Gasteiger partial charge in [0.25, 0.3) is 5.91 Å². The van der Waals surface area contributed by atoms with Gasteiger partial charge in [-0.05, 0) is 47.2 Å². The van der Waals surface area contributed by atoms with Crippen molar-refractivity contribution in [3.63, 3.8) is 0 Å². The van der Waals surface area contributed by atoms with E-state index in [1.54, 1.807) is 24.3 Å². The third-order valence-corrected chi connectivity index (χ3v) is 3.96. The molecule has 4 nitrogen and oxygen atoms in total. The lowest BCUT2D eigenvalue weighted by atomic mass is 10.1. The third kappa shape index (κ3) is 4.58. The molecule has 0 unspecified atom stereocenters. The van der Waals surface area contributed by atoms with Gasteiger partial charge < -0.3 is 10.1 Å². The molecule has 0 spiro atoms. The first-order chi connectivity index (χ1) is 12.1. The quantitative estimate of drug-likeness (QED) is 0.684. The number of hydrogen-bond donors (Lipinski definition) is 1. The standard InChI is InChI=1S/C20H16ClNO3/c21-17-8-5-15(6-9-17)19(23)12-22-20(24)13-25-18-10-7-14-3-1-2-4-16(14)11-18/h1-11H,12-13H2,(H,22,24). The number of halogens is 1. The summed E-state index contributed by atoms with van der Waals surface area (Å²) in [5, 5.41) is 5.26. The molecule has 0 aliphatic heterocycles. The highest BCUT2D eigenvalue weighted by atomic mass is 35.5. The number of nitrogens with one attached hydrogen (secondary N) is 1. The Kier molecular flexibility index (Phi) is 5.31. The van der Waals surface area contributed by atoms with Crippen molar-refractivity contribution in [2.75, 3.05) is 13.2 Å². The predicted molar refractivity (Wildman–Crippen MR) is 98.2 cm³/mol. The third-order valence-electron chi connectivity index (χ3n) is 3.70. The van der Waals surface area contributed by atoms with Crippen LogP contribution < -0.4 is 10.1 Å². The molecule has 5 heteroatoms. The zero-order valence-electron chi connectivity index (χ0n) is 13.4. The van der Waals surface area contributed by atoms with E-state index in [0.29, 0.717) is 16.3 Å². The molecule has 3 aromatic carbocycles. The molecule has 0 atom stereocenters. The zero-order valence-corrected chi connectivity index (χ0v) is 14.1. The van der Waals surface area contributed by atoms with Gasteiger partial charge in [-0.15, -0.1) is 0 Å². The van der Waals surface area contributed by atoms with Crippen LogP contribution in [0.4, 0.5) is 0 Å². The minimum absolute atomic E-state index is 0.0818. The Morgan fingerprint density at radius 1 is 0.920 bits per heavy atom. The van der Waals surface area contributed by atoms with E-state index in [1.165, 1.54) is 0 Å². The van der Waals surface area contributed by atoms with E-state index in [2.05, 4.69) is 5.32 Å². The summed E-state index contributed by atoms with van der Waals surface area (Å²) in [7, 11) is 0. The van der Waals surface area contributed by atoms with Crippen LogP contribution in [0.5, 0.6) is 5.75 Å². The highest BCUT2D eigenvalue weighted by Gasteiger charge is 2.09. The van der Waals surface area contributed by atoms with E-state index in [9.17, 15) is 9.59 Å². The molecule has 0 saturated carbocycles. The molecule has 0 aromatic heterocycles. The van der Waals surface area contributed by atoms with Gasteiger partial charge in [-0.25, -0.2) is 0 Å². The molecule has 0 aliphatic rings. The van der Waals surface area contributed by atoms with E-state index in [4.69, 9.17) is 16.3 Å². The minimum Gasteiger partial charge on any atom is -0.484 e. The summed E-state index contributed by atoms with van der Waals surface area (Å²) in [5.41, 5.74) is 0.500. The van der Waals surface area contributed by atoms with Gasteiger partial charge in [-0.3, -0.25) is 9.59 Å². The van der Waals surface area contributed by atoms with Gasteiger partial charge >= 0.3 is 0 Å². The molecule has 1 amide bonds. The summed E-state index contributed by atoms with van der Waals surface area (Å²) in [4.78, 5) is 23.8. The normalized spacial score (nSPS) is 10.4. The first kappa shape index (κ1) is 17.0. The van der Waals surface area contributed by atoms with Crippen molar-refractivity contribution in [1.29, 1.82) is 0 Å². The van der Waals surface area contributed by atoms with E-state index in [1.807, 2.05) is 42.5 Å². The molecule has 0 radical (unpaired) electrons. The van der Waals surface area contributed by atoms with Crippen molar-refractivity contribution in [2.45, 2.75) is 0 Å². The van der Waals surface area contributed by atoms with Crippen molar-refractivity contribution in [3.8, 4) is 5.75 Å². The molecule has 0 aliphatic carbocycles. The van der Waals surface area contributed by atoms with E-state index in [-0.39, 0.29) is 24.8 Å². The van der Waals surface area contributed by atoms with Crippen LogP contribution in [0.25, 0.3) is 10.8 Å². The summed E-state index contributed by atoms with van der Waals surface area (Å²) < 4.78 is 5.49. The van der Waals surface area contributed by atoms with Gasteiger partial charge in [-0.2, -0.15) is 0 Å². The Hall–Kier alpha value is -2.85. The Morgan fingerprint density at radius 3 is 2.40 bits per heavy atom. The maximum atomic E-state index is 12.0. The van der Waals surface area contributed by atoms with Gasteiger partial charge in [0.15, 0.2) is 12.4 Å². The highest BCUT2D eigenvalue weighted by Crippen LogP contribution is 2.20. The number of ether oxygens (including phenoxy) is 1. The van der Waals surface area contributed by atoms with E-state index < -0.39 is 0 Å². The fourth-order valence-corrected chi connectivity index (χ4v) is 2.50. The minimum atomic E-state index is -0.351. The zero-order chi connectivity index (χ0) is 17.6. The first-order valence-corrected chi connectivity index (χ1v) is 8.17. The molecule has 0 fully saturated rings. The van der Waals surface area contributed by atoms with Crippen LogP contribution in [0.1, 0.15) is 10.4 Å². The predicted octanol–water partition coefficient (Wildman–Crippen LogP) is 3.87. The lowest BCUT2D eigenvalue weighted by molar-refractivity contribution is -0.122.